The first-order chi connectivity index (χ1) is 9.29. The van der Waals surface area contributed by atoms with Gasteiger partial charge in [0.05, 0.1) is 21.6 Å². The number of halogens is 2. The third-order valence-corrected chi connectivity index (χ3v) is 5.23. The van der Waals surface area contributed by atoms with E-state index in [-0.39, 0.29) is 26.6 Å². The van der Waals surface area contributed by atoms with E-state index in [9.17, 15) is 8.42 Å². The first-order valence-electron chi connectivity index (χ1n) is 5.46. The molecule has 0 spiro atoms. The van der Waals surface area contributed by atoms with Gasteiger partial charge in [-0.05, 0) is 35.0 Å². The number of nitrogen functional groups attached to an aromatic ring is 1. The van der Waals surface area contributed by atoms with Crippen LogP contribution in [-0.2, 0) is 16.6 Å². The molecular formula is C11H11BrClN3O3S. The average Bonchev–Trinajstić information content (AvgIpc) is 2.77. The number of rotatable bonds is 4. The Bertz CT molecular complexity index is 745. The maximum Gasteiger partial charge on any atom is 0.242 e. The summed E-state index contributed by atoms with van der Waals surface area (Å²) < 4.78 is 32.0. The van der Waals surface area contributed by atoms with E-state index in [1.54, 1.807) is 13.0 Å². The zero-order valence-corrected chi connectivity index (χ0v) is 13.5. The maximum absolute atomic E-state index is 12.2. The molecule has 0 aliphatic carbocycles. The maximum atomic E-state index is 12.2. The Morgan fingerprint density at radius 2 is 2.15 bits per heavy atom. The van der Waals surface area contributed by atoms with Gasteiger partial charge in [0.15, 0.2) is 0 Å². The van der Waals surface area contributed by atoms with E-state index in [1.807, 2.05) is 0 Å². The van der Waals surface area contributed by atoms with Crippen molar-refractivity contribution in [1.82, 2.24) is 9.88 Å². The minimum Gasteiger partial charge on any atom is -0.398 e. The van der Waals surface area contributed by atoms with Crippen molar-refractivity contribution in [2.24, 2.45) is 0 Å². The molecule has 0 aliphatic heterocycles. The minimum atomic E-state index is -3.77. The van der Waals surface area contributed by atoms with E-state index < -0.39 is 10.0 Å². The number of benzene rings is 1. The minimum absolute atomic E-state index is 0.0124. The Morgan fingerprint density at radius 1 is 1.45 bits per heavy atom. The highest BCUT2D eigenvalue weighted by atomic mass is 79.9. The molecule has 0 saturated carbocycles. The van der Waals surface area contributed by atoms with Crippen molar-refractivity contribution in [3.63, 3.8) is 0 Å². The largest absolute Gasteiger partial charge is 0.398 e. The molecule has 0 unspecified atom stereocenters. The standard InChI is InChI=1S/C11H11BrClN3O3S/c1-6-2-8(16-19-6)5-15-20(17,18)10-4-7(13)3-9(14)11(10)12/h2-4,15H,5,14H2,1H3. The second-order valence-electron chi connectivity index (χ2n) is 4.06. The number of hydrogen-bond acceptors (Lipinski definition) is 5. The first-order valence-corrected chi connectivity index (χ1v) is 8.11. The summed E-state index contributed by atoms with van der Waals surface area (Å²) in [7, 11) is -3.77. The topological polar surface area (TPSA) is 98.2 Å². The fraction of sp³-hybridized carbons (Fsp3) is 0.182. The normalized spacial score (nSPS) is 11.8. The summed E-state index contributed by atoms with van der Waals surface area (Å²) in [5.41, 5.74) is 6.41. The van der Waals surface area contributed by atoms with E-state index in [2.05, 4.69) is 25.8 Å². The van der Waals surface area contributed by atoms with Gasteiger partial charge < -0.3 is 10.3 Å². The van der Waals surface area contributed by atoms with Crippen molar-refractivity contribution in [2.75, 3.05) is 5.73 Å². The lowest BCUT2D eigenvalue weighted by Gasteiger charge is -2.09. The van der Waals surface area contributed by atoms with Crippen molar-refractivity contribution in [3.8, 4) is 0 Å². The van der Waals surface area contributed by atoms with Crippen molar-refractivity contribution in [2.45, 2.75) is 18.4 Å². The molecule has 2 rings (SSSR count). The van der Waals surface area contributed by atoms with E-state index in [0.29, 0.717) is 11.5 Å². The second kappa shape index (κ2) is 5.72. The van der Waals surface area contributed by atoms with Crippen molar-refractivity contribution < 1.29 is 12.9 Å². The lowest BCUT2D eigenvalue weighted by atomic mass is 10.3. The monoisotopic (exact) mass is 379 g/mol. The predicted octanol–water partition coefficient (Wildman–Crippen LogP) is 2.46. The summed E-state index contributed by atoms with van der Waals surface area (Å²) in [6.45, 7) is 1.73. The Morgan fingerprint density at radius 3 is 2.75 bits per heavy atom. The molecule has 0 amide bonds. The van der Waals surface area contributed by atoms with Crippen LogP contribution in [0, 0.1) is 6.92 Å². The highest BCUT2D eigenvalue weighted by Gasteiger charge is 2.20. The molecule has 1 aromatic carbocycles. The first kappa shape index (κ1) is 15.3. The number of hydrogen-bond donors (Lipinski definition) is 2. The van der Waals surface area contributed by atoms with Gasteiger partial charge in [0.2, 0.25) is 10.0 Å². The van der Waals surface area contributed by atoms with Gasteiger partial charge in [0.1, 0.15) is 5.76 Å². The van der Waals surface area contributed by atoms with Crippen molar-refractivity contribution in [1.29, 1.82) is 0 Å². The fourth-order valence-corrected chi connectivity index (χ4v) is 3.82. The van der Waals surface area contributed by atoms with Crippen molar-refractivity contribution >= 4 is 43.2 Å². The van der Waals surface area contributed by atoms with Gasteiger partial charge in [-0.25, -0.2) is 13.1 Å². The molecule has 0 atom stereocenters. The molecule has 9 heteroatoms. The number of aromatic nitrogens is 1. The van der Waals surface area contributed by atoms with E-state index in [0.717, 1.165) is 0 Å². The van der Waals surface area contributed by atoms with Crippen LogP contribution in [0.4, 0.5) is 5.69 Å². The van der Waals surface area contributed by atoms with Crippen LogP contribution in [0.2, 0.25) is 5.02 Å². The molecule has 1 heterocycles. The van der Waals surface area contributed by atoms with Crippen molar-refractivity contribution in [3.05, 3.63) is 39.1 Å². The van der Waals surface area contributed by atoms with Gasteiger partial charge in [-0.2, -0.15) is 0 Å². The van der Waals surface area contributed by atoms with Gasteiger partial charge in [-0.15, -0.1) is 0 Å². The Hall–Kier alpha value is -1.09. The summed E-state index contributed by atoms with van der Waals surface area (Å²) in [5, 5.41) is 3.94. The Labute approximate surface area is 129 Å². The molecule has 0 saturated heterocycles. The molecule has 6 nitrogen and oxygen atoms in total. The van der Waals surface area contributed by atoms with Gasteiger partial charge in [0, 0.05) is 16.8 Å². The number of anilines is 1. The van der Waals surface area contributed by atoms with Crippen LogP contribution in [0.1, 0.15) is 11.5 Å². The third kappa shape index (κ3) is 3.32. The lowest BCUT2D eigenvalue weighted by Crippen LogP contribution is -2.24. The van der Waals surface area contributed by atoms with Crippen LogP contribution < -0.4 is 10.5 Å². The van der Waals surface area contributed by atoms with Crippen LogP contribution in [0.5, 0.6) is 0 Å². The van der Waals surface area contributed by atoms with E-state index >= 15 is 0 Å². The quantitative estimate of drug-likeness (QED) is 0.794. The summed E-state index contributed by atoms with van der Waals surface area (Å²) in [6.07, 6.45) is 0. The number of sulfonamides is 1. The highest BCUT2D eigenvalue weighted by Crippen LogP contribution is 2.31. The van der Waals surface area contributed by atoms with Crippen LogP contribution in [0.25, 0.3) is 0 Å². The number of nitrogens with zero attached hydrogens (tertiary/aromatic N) is 1. The molecule has 108 valence electrons. The van der Waals surface area contributed by atoms with Crippen LogP contribution in [0.15, 0.2) is 32.1 Å². The molecule has 0 fully saturated rings. The molecule has 3 N–H and O–H groups in total. The van der Waals surface area contributed by atoms with E-state index in [4.69, 9.17) is 21.9 Å². The summed E-state index contributed by atoms with van der Waals surface area (Å²) >= 11 is 8.97. The third-order valence-electron chi connectivity index (χ3n) is 2.44. The number of nitrogens with two attached hydrogens (primary N) is 1. The SMILES string of the molecule is Cc1cc(CNS(=O)(=O)c2cc(Cl)cc(N)c2Br)no1. The zero-order valence-electron chi connectivity index (χ0n) is 10.4. The fourth-order valence-electron chi connectivity index (χ4n) is 1.53. The summed E-state index contributed by atoms with van der Waals surface area (Å²) in [5.74, 6) is 0.604. The zero-order chi connectivity index (χ0) is 14.9. The second-order valence-corrected chi connectivity index (χ2v) is 7.03. The average molecular weight is 381 g/mol. The van der Waals surface area contributed by atoms with Crippen LogP contribution in [0.3, 0.4) is 0 Å². The molecule has 0 aliphatic rings. The predicted molar refractivity (Wildman–Crippen MR) is 78.8 cm³/mol. The molecule has 1 aromatic heterocycles. The number of aryl methyl sites for hydroxylation is 1. The Balaban J connectivity index is 2.27. The van der Waals surface area contributed by atoms with Gasteiger partial charge >= 0.3 is 0 Å². The molecule has 2 aromatic rings. The summed E-state index contributed by atoms with van der Waals surface area (Å²) in [4.78, 5) is -0.0253. The van der Waals surface area contributed by atoms with Gasteiger partial charge in [-0.1, -0.05) is 16.8 Å². The summed E-state index contributed by atoms with van der Waals surface area (Å²) in [6, 6.07) is 4.42. The van der Waals surface area contributed by atoms with E-state index in [1.165, 1.54) is 12.1 Å². The van der Waals surface area contributed by atoms with Gasteiger partial charge in [0.25, 0.3) is 0 Å². The molecule has 0 radical (unpaired) electrons. The smallest absolute Gasteiger partial charge is 0.242 e. The highest BCUT2D eigenvalue weighted by molar-refractivity contribution is 9.10. The molecular weight excluding hydrogens is 370 g/mol. The van der Waals surface area contributed by atoms with Crippen LogP contribution in [-0.4, -0.2) is 13.6 Å². The van der Waals surface area contributed by atoms with Crippen LogP contribution >= 0.6 is 27.5 Å². The Kier molecular flexibility index (Phi) is 4.38. The van der Waals surface area contributed by atoms with Gasteiger partial charge in [-0.3, -0.25) is 0 Å². The molecule has 20 heavy (non-hydrogen) atoms. The number of nitrogens with one attached hydrogen (secondary N) is 1. The lowest BCUT2D eigenvalue weighted by molar-refractivity contribution is 0.390. The molecule has 0 bridgehead atoms.